The highest BCUT2D eigenvalue weighted by Gasteiger charge is 2.11. The fourth-order valence-electron chi connectivity index (χ4n) is 2.20. The molecule has 2 amide bonds. The van der Waals surface area contributed by atoms with Gasteiger partial charge in [-0.25, -0.2) is 8.78 Å². The van der Waals surface area contributed by atoms with E-state index in [0.29, 0.717) is 17.1 Å². The Labute approximate surface area is 149 Å². The predicted molar refractivity (Wildman–Crippen MR) is 91.2 cm³/mol. The molecular weight excluding hydrogens is 346 g/mol. The molecule has 0 atom stereocenters. The monoisotopic (exact) mass is 364 g/mol. The minimum Gasteiger partial charge on any atom is -0.493 e. The quantitative estimate of drug-likeness (QED) is 0.790. The molecular formula is C18H18F2N2O4. The molecule has 0 saturated heterocycles. The van der Waals surface area contributed by atoms with Crippen LogP contribution in [0.3, 0.4) is 0 Å². The first-order valence-electron chi connectivity index (χ1n) is 7.65. The van der Waals surface area contributed by atoms with Gasteiger partial charge in [0.15, 0.2) is 23.1 Å². The molecule has 0 unspecified atom stereocenters. The lowest BCUT2D eigenvalue weighted by Crippen LogP contribution is -2.33. The number of nitrogens with one attached hydrogen (secondary N) is 2. The molecule has 0 fully saturated rings. The van der Waals surface area contributed by atoms with Gasteiger partial charge in [-0.15, -0.1) is 0 Å². The largest absolute Gasteiger partial charge is 0.493 e. The maximum absolute atomic E-state index is 13.1. The number of anilines is 1. The molecule has 0 radical (unpaired) electrons. The van der Waals surface area contributed by atoms with Crippen LogP contribution < -0.4 is 20.1 Å². The van der Waals surface area contributed by atoms with Crippen molar-refractivity contribution in [2.45, 2.75) is 6.42 Å². The zero-order valence-corrected chi connectivity index (χ0v) is 14.3. The lowest BCUT2D eigenvalue weighted by Gasteiger charge is -2.10. The summed E-state index contributed by atoms with van der Waals surface area (Å²) in [6, 6.07) is 8.04. The number of carbonyl (C=O) groups excluding carboxylic acids is 2. The normalized spacial score (nSPS) is 10.2. The number of benzene rings is 2. The van der Waals surface area contributed by atoms with Crippen molar-refractivity contribution in [3.63, 3.8) is 0 Å². The molecule has 0 spiro atoms. The summed E-state index contributed by atoms with van der Waals surface area (Å²) in [4.78, 5) is 23.7. The standard InChI is InChI=1S/C18H18F2N2O4/c1-25-15-6-3-11(7-16(15)26-2)8-17(23)21-10-18(24)22-12-4-5-13(19)14(20)9-12/h3-7,9H,8,10H2,1-2H3,(H,21,23)(H,22,24). The van der Waals surface area contributed by atoms with Gasteiger partial charge in [0.2, 0.25) is 11.8 Å². The molecule has 2 N–H and O–H groups in total. The van der Waals surface area contributed by atoms with Crippen LogP contribution in [-0.2, 0) is 16.0 Å². The van der Waals surface area contributed by atoms with Gasteiger partial charge in [-0.3, -0.25) is 9.59 Å². The van der Waals surface area contributed by atoms with E-state index in [1.807, 2.05) is 0 Å². The van der Waals surface area contributed by atoms with Crippen LogP contribution in [0.5, 0.6) is 11.5 Å². The van der Waals surface area contributed by atoms with Crippen LogP contribution in [0, 0.1) is 11.6 Å². The molecule has 0 bridgehead atoms. The Morgan fingerprint density at radius 2 is 1.65 bits per heavy atom. The van der Waals surface area contributed by atoms with Gasteiger partial charge in [-0.1, -0.05) is 6.07 Å². The summed E-state index contributed by atoms with van der Waals surface area (Å²) in [5.41, 5.74) is 0.782. The number of amides is 2. The molecule has 0 aliphatic heterocycles. The predicted octanol–water partition coefficient (Wildman–Crippen LogP) is 2.28. The molecule has 138 valence electrons. The smallest absolute Gasteiger partial charge is 0.243 e. The van der Waals surface area contributed by atoms with E-state index in [1.165, 1.54) is 20.3 Å². The van der Waals surface area contributed by atoms with Crippen molar-refractivity contribution in [2.75, 3.05) is 26.1 Å². The van der Waals surface area contributed by atoms with Gasteiger partial charge in [0.1, 0.15) is 0 Å². The van der Waals surface area contributed by atoms with E-state index in [-0.39, 0.29) is 24.6 Å². The van der Waals surface area contributed by atoms with Gasteiger partial charge >= 0.3 is 0 Å². The van der Waals surface area contributed by atoms with E-state index in [4.69, 9.17) is 9.47 Å². The van der Waals surface area contributed by atoms with Crippen molar-refractivity contribution in [1.82, 2.24) is 5.32 Å². The average Bonchev–Trinajstić information content (AvgIpc) is 2.63. The molecule has 0 aliphatic rings. The van der Waals surface area contributed by atoms with Gasteiger partial charge < -0.3 is 20.1 Å². The third-order valence-electron chi connectivity index (χ3n) is 3.46. The van der Waals surface area contributed by atoms with Gasteiger partial charge in [0.25, 0.3) is 0 Å². The van der Waals surface area contributed by atoms with Crippen molar-refractivity contribution < 1.29 is 27.8 Å². The van der Waals surface area contributed by atoms with Gasteiger partial charge in [0, 0.05) is 11.8 Å². The first-order chi connectivity index (χ1) is 12.4. The fourth-order valence-corrected chi connectivity index (χ4v) is 2.20. The average molecular weight is 364 g/mol. The molecule has 2 aromatic carbocycles. The van der Waals surface area contributed by atoms with Crippen molar-refractivity contribution in [2.24, 2.45) is 0 Å². The molecule has 0 heterocycles. The van der Waals surface area contributed by atoms with Crippen LogP contribution in [0.1, 0.15) is 5.56 Å². The van der Waals surface area contributed by atoms with Crippen LogP contribution >= 0.6 is 0 Å². The molecule has 2 aromatic rings. The molecule has 2 rings (SSSR count). The third-order valence-corrected chi connectivity index (χ3v) is 3.46. The van der Waals surface area contributed by atoms with Crippen LogP contribution in [0.15, 0.2) is 36.4 Å². The Bertz CT molecular complexity index is 812. The van der Waals surface area contributed by atoms with Crippen LogP contribution in [0.4, 0.5) is 14.5 Å². The van der Waals surface area contributed by atoms with Crippen molar-refractivity contribution in [1.29, 1.82) is 0 Å². The Balaban J connectivity index is 1.86. The van der Waals surface area contributed by atoms with Crippen LogP contribution in [-0.4, -0.2) is 32.6 Å². The van der Waals surface area contributed by atoms with Crippen molar-refractivity contribution >= 4 is 17.5 Å². The summed E-state index contributed by atoms with van der Waals surface area (Å²) in [6.07, 6.45) is 0.0405. The molecule has 8 heteroatoms. The zero-order valence-electron chi connectivity index (χ0n) is 14.3. The first kappa shape index (κ1) is 19.2. The van der Waals surface area contributed by atoms with Gasteiger partial charge in [-0.05, 0) is 29.8 Å². The van der Waals surface area contributed by atoms with E-state index >= 15 is 0 Å². The molecule has 0 aliphatic carbocycles. The highest BCUT2D eigenvalue weighted by atomic mass is 19.2. The fraction of sp³-hybridized carbons (Fsp3) is 0.222. The van der Waals surface area contributed by atoms with Gasteiger partial charge in [-0.2, -0.15) is 0 Å². The lowest BCUT2D eigenvalue weighted by molar-refractivity contribution is -0.123. The van der Waals surface area contributed by atoms with E-state index in [9.17, 15) is 18.4 Å². The maximum Gasteiger partial charge on any atom is 0.243 e. The summed E-state index contributed by atoms with van der Waals surface area (Å²) in [5, 5.41) is 4.82. The second-order valence-electron chi connectivity index (χ2n) is 5.32. The number of methoxy groups -OCH3 is 2. The lowest BCUT2D eigenvalue weighted by atomic mass is 10.1. The van der Waals surface area contributed by atoms with E-state index < -0.39 is 17.5 Å². The Morgan fingerprint density at radius 3 is 2.31 bits per heavy atom. The number of rotatable bonds is 7. The summed E-state index contributed by atoms with van der Waals surface area (Å²) in [7, 11) is 3.00. The van der Waals surface area contributed by atoms with E-state index in [2.05, 4.69) is 10.6 Å². The Hall–Kier alpha value is -3.16. The second-order valence-corrected chi connectivity index (χ2v) is 5.32. The maximum atomic E-state index is 13.1. The van der Waals surface area contributed by atoms with Crippen molar-refractivity contribution in [3.8, 4) is 11.5 Å². The number of hydrogen-bond acceptors (Lipinski definition) is 4. The topological polar surface area (TPSA) is 76.7 Å². The first-order valence-corrected chi connectivity index (χ1v) is 7.65. The second kappa shape index (κ2) is 8.80. The summed E-state index contributed by atoms with van der Waals surface area (Å²) < 4.78 is 36.2. The minimum atomic E-state index is -1.07. The molecule has 26 heavy (non-hydrogen) atoms. The molecule has 0 saturated carbocycles. The number of halogens is 2. The van der Waals surface area contributed by atoms with Crippen LogP contribution in [0.25, 0.3) is 0 Å². The Kier molecular flexibility index (Phi) is 6.48. The summed E-state index contributed by atoms with van der Waals surface area (Å²) >= 11 is 0. The van der Waals surface area contributed by atoms with E-state index in [1.54, 1.807) is 18.2 Å². The summed E-state index contributed by atoms with van der Waals surface area (Å²) in [5.74, 6) is -1.97. The number of hydrogen-bond donors (Lipinski definition) is 2. The van der Waals surface area contributed by atoms with E-state index in [0.717, 1.165) is 12.1 Å². The number of ether oxygens (including phenoxy) is 2. The third kappa shape index (κ3) is 5.17. The van der Waals surface area contributed by atoms with Crippen molar-refractivity contribution in [3.05, 3.63) is 53.6 Å². The highest BCUT2D eigenvalue weighted by Crippen LogP contribution is 2.27. The van der Waals surface area contributed by atoms with Gasteiger partial charge in [0.05, 0.1) is 27.2 Å². The SMILES string of the molecule is COc1ccc(CC(=O)NCC(=O)Nc2ccc(F)c(F)c2)cc1OC. The Morgan fingerprint density at radius 1 is 0.923 bits per heavy atom. The zero-order chi connectivity index (χ0) is 19.1. The van der Waals surface area contributed by atoms with Crippen LogP contribution in [0.2, 0.25) is 0 Å². The molecule has 0 aromatic heterocycles. The highest BCUT2D eigenvalue weighted by molar-refractivity contribution is 5.94. The molecule has 6 nitrogen and oxygen atoms in total. The number of carbonyl (C=O) groups is 2. The minimum absolute atomic E-state index is 0.0405. The summed E-state index contributed by atoms with van der Waals surface area (Å²) in [6.45, 7) is -0.300.